The summed E-state index contributed by atoms with van der Waals surface area (Å²) in [6, 6.07) is 11.1. The summed E-state index contributed by atoms with van der Waals surface area (Å²) in [6.45, 7) is 12.2. The quantitative estimate of drug-likeness (QED) is 0.340. The third kappa shape index (κ3) is 6.68. The molecule has 1 aliphatic heterocycles. The van der Waals surface area contributed by atoms with Gasteiger partial charge >= 0.3 is 0 Å². The number of amides is 1. The molecule has 0 saturated carbocycles. The number of hydrogen-bond donors (Lipinski definition) is 2. The van der Waals surface area contributed by atoms with Crippen LogP contribution in [0.2, 0.25) is 0 Å². The molecular weight excluding hydrogens is 532 g/mol. The molecule has 1 amide bonds. The van der Waals surface area contributed by atoms with Crippen molar-refractivity contribution in [3.05, 3.63) is 53.6 Å². The first-order chi connectivity index (χ1) is 18.9. The van der Waals surface area contributed by atoms with Crippen molar-refractivity contribution in [1.82, 2.24) is 19.7 Å². The normalized spacial score (nSPS) is 16.6. The lowest BCUT2D eigenvalue weighted by Gasteiger charge is -2.34. The Morgan fingerprint density at radius 1 is 1.15 bits per heavy atom. The van der Waals surface area contributed by atoms with Crippen LogP contribution in [0.1, 0.15) is 52.9 Å². The van der Waals surface area contributed by atoms with Crippen molar-refractivity contribution in [2.24, 2.45) is 5.92 Å². The molecule has 1 fully saturated rings. The molecule has 3 N–H and O–H groups in total. The number of carbonyl (C=O) groups is 1. The lowest BCUT2D eigenvalue weighted by atomic mass is 9.97. The molecule has 4 heterocycles. The van der Waals surface area contributed by atoms with Gasteiger partial charge in [0.15, 0.2) is 5.03 Å². The predicted molar refractivity (Wildman–Crippen MR) is 157 cm³/mol. The number of carbonyl (C=O) groups excluding carboxylic acids is 1. The Hall–Kier alpha value is -3.77. The van der Waals surface area contributed by atoms with Crippen molar-refractivity contribution in [1.29, 1.82) is 0 Å². The van der Waals surface area contributed by atoms with Crippen molar-refractivity contribution in [3.8, 4) is 17.3 Å². The van der Waals surface area contributed by atoms with Gasteiger partial charge in [0.2, 0.25) is 5.88 Å². The number of aryl methyl sites for hydroxylation is 1. The minimum absolute atomic E-state index is 0. The fourth-order valence-electron chi connectivity index (χ4n) is 4.93. The van der Waals surface area contributed by atoms with E-state index in [0.29, 0.717) is 55.4 Å². The molecule has 40 heavy (non-hydrogen) atoms. The summed E-state index contributed by atoms with van der Waals surface area (Å²) in [4.78, 5) is 28.9. The van der Waals surface area contributed by atoms with Gasteiger partial charge in [-0.05, 0) is 75.9 Å². The van der Waals surface area contributed by atoms with E-state index in [1.807, 2.05) is 26.0 Å². The number of ether oxygens (including phenoxy) is 2. The Morgan fingerprint density at radius 2 is 1.93 bits per heavy atom. The minimum Gasteiger partial charge on any atom is -0.475 e. The van der Waals surface area contributed by atoms with Crippen molar-refractivity contribution < 1.29 is 25.5 Å². The van der Waals surface area contributed by atoms with Gasteiger partial charge in [-0.2, -0.15) is 8.42 Å². The van der Waals surface area contributed by atoms with Crippen LogP contribution in [0, 0.1) is 12.8 Å². The summed E-state index contributed by atoms with van der Waals surface area (Å²) in [6.07, 6.45) is 0.881. The highest BCUT2D eigenvalue weighted by Crippen LogP contribution is 2.38. The summed E-state index contributed by atoms with van der Waals surface area (Å²) in [5.74, 6) is 0.379. The van der Waals surface area contributed by atoms with Crippen LogP contribution in [0.4, 0.5) is 11.6 Å². The maximum atomic E-state index is 13.5. The monoisotopic (exact) mass is 572 g/mol. The van der Waals surface area contributed by atoms with Gasteiger partial charge < -0.3 is 20.1 Å². The molecule has 218 valence electrons. The number of pyridine rings is 3. The number of sulfonamides is 1. The molecule has 1 aliphatic rings. The van der Waals surface area contributed by atoms with Crippen LogP contribution < -0.4 is 20.1 Å². The highest BCUT2D eigenvalue weighted by molar-refractivity contribution is 7.90. The van der Waals surface area contributed by atoms with Crippen LogP contribution in [-0.4, -0.2) is 61.2 Å². The van der Waals surface area contributed by atoms with Crippen LogP contribution in [0.3, 0.4) is 0 Å². The number of nitrogens with one attached hydrogen (secondary N) is 1. The fraction of sp³-hybridized carbons (Fsp3) is 0.429. The smallest absolute Gasteiger partial charge is 0.281 e. The molecule has 0 unspecified atom stereocenters. The van der Waals surface area contributed by atoms with E-state index in [-0.39, 0.29) is 24.8 Å². The molecule has 3 aromatic heterocycles. The zero-order valence-electron chi connectivity index (χ0n) is 23.5. The molecule has 0 radical (unpaired) electrons. The Kier molecular flexibility index (Phi) is 8.59. The second-order valence-corrected chi connectivity index (χ2v) is 12.2. The second-order valence-electron chi connectivity index (χ2n) is 10.5. The summed E-state index contributed by atoms with van der Waals surface area (Å²) < 4.78 is 39.2. The van der Waals surface area contributed by atoms with E-state index in [1.54, 1.807) is 12.1 Å². The molecule has 11 nitrogen and oxygen atoms in total. The van der Waals surface area contributed by atoms with Crippen LogP contribution >= 0.6 is 0 Å². The van der Waals surface area contributed by atoms with Gasteiger partial charge in [0.05, 0.1) is 23.6 Å². The van der Waals surface area contributed by atoms with E-state index < -0.39 is 15.9 Å². The number of nitrogens with two attached hydrogens (primary N) is 1. The average Bonchev–Trinajstić information content (AvgIpc) is 3.17. The van der Waals surface area contributed by atoms with E-state index >= 15 is 0 Å². The van der Waals surface area contributed by atoms with E-state index in [2.05, 4.69) is 40.4 Å². The lowest BCUT2D eigenvalue weighted by Crippen LogP contribution is -2.41. The molecule has 0 bridgehead atoms. The second kappa shape index (κ2) is 11.8. The van der Waals surface area contributed by atoms with E-state index in [9.17, 15) is 13.2 Å². The fourth-order valence-corrected chi connectivity index (χ4v) is 5.88. The van der Waals surface area contributed by atoms with E-state index in [1.165, 1.54) is 18.2 Å². The number of nitrogens with zero attached hydrogens (tertiary/aromatic N) is 4. The molecule has 0 aromatic carbocycles. The number of aromatic nitrogens is 3. The standard InChI is InChI=1S/C28H36N6O5S.2H2/c1-6-38-12-13-39-24-15-18(2)14-22(30-24)21-11-10-20(26(31-21)34-17-19(3)16-28(34,4)5)27(35)33-40(36,37)25-9-7-8-23(29)32-25;;/h7-11,14-15,19H,6,12-13,16-17H2,1-5H3,(H2,29,32)(H,33,35);2*1H/t19-;;/m0../s1. The topological polar surface area (TPSA) is 150 Å². The summed E-state index contributed by atoms with van der Waals surface area (Å²) >= 11 is 0. The zero-order chi connectivity index (χ0) is 29.1. The van der Waals surface area contributed by atoms with Gasteiger partial charge in [0, 0.05) is 27.6 Å². The molecule has 3 aromatic rings. The molecule has 12 heteroatoms. The summed E-state index contributed by atoms with van der Waals surface area (Å²) in [5.41, 5.74) is 7.49. The van der Waals surface area contributed by atoms with Crippen LogP contribution in [0.5, 0.6) is 5.88 Å². The van der Waals surface area contributed by atoms with Crippen molar-refractivity contribution in [2.75, 3.05) is 37.0 Å². The van der Waals surface area contributed by atoms with E-state index in [4.69, 9.17) is 20.2 Å². The number of rotatable bonds is 10. The number of anilines is 2. The molecule has 1 atom stereocenters. The maximum absolute atomic E-state index is 13.5. The number of nitrogen functional groups attached to an aromatic ring is 1. The maximum Gasteiger partial charge on any atom is 0.281 e. The van der Waals surface area contributed by atoms with Gasteiger partial charge in [-0.15, -0.1) is 0 Å². The third-order valence-electron chi connectivity index (χ3n) is 6.59. The van der Waals surface area contributed by atoms with Crippen LogP contribution in [-0.2, 0) is 14.8 Å². The predicted octanol–water partition coefficient (Wildman–Crippen LogP) is 4.08. The molecule has 4 rings (SSSR count). The minimum atomic E-state index is -4.27. The highest BCUT2D eigenvalue weighted by Gasteiger charge is 2.39. The van der Waals surface area contributed by atoms with Gasteiger partial charge in [0.25, 0.3) is 15.9 Å². The van der Waals surface area contributed by atoms with Crippen molar-refractivity contribution in [3.63, 3.8) is 0 Å². The molecule has 1 saturated heterocycles. The average molecular weight is 573 g/mol. The van der Waals surface area contributed by atoms with E-state index in [0.717, 1.165) is 12.0 Å². The first-order valence-corrected chi connectivity index (χ1v) is 14.7. The SMILES string of the molecule is CCOCCOc1cc(C)cc(-c2ccc(C(=O)NS(=O)(=O)c3cccc(N)n3)c(N3C[C@@H](C)CC3(C)C)n2)n1.[HH].[HH]. The van der Waals surface area contributed by atoms with Gasteiger partial charge in [0.1, 0.15) is 18.2 Å². The third-order valence-corrected chi connectivity index (χ3v) is 7.82. The number of hydrogen-bond acceptors (Lipinski definition) is 10. The largest absolute Gasteiger partial charge is 0.475 e. The molecular formula is C28H40N6O5S. The summed E-state index contributed by atoms with van der Waals surface area (Å²) in [5, 5.41) is -0.345. The Balaban J connectivity index is 0.00000308. The first-order valence-electron chi connectivity index (χ1n) is 13.2. The van der Waals surface area contributed by atoms with Crippen molar-refractivity contribution >= 4 is 27.6 Å². The zero-order valence-corrected chi connectivity index (χ0v) is 24.3. The van der Waals surface area contributed by atoms with Gasteiger partial charge in [-0.25, -0.2) is 19.7 Å². The van der Waals surface area contributed by atoms with Gasteiger partial charge in [-0.1, -0.05) is 13.0 Å². The van der Waals surface area contributed by atoms with Crippen molar-refractivity contribution in [2.45, 2.75) is 51.6 Å². The van der Waals surface area contributed by atoms with Crippen LogP contribution in [0.15, 0.2) is 47.5 Å². The molecule has 0 aliphatic carbocycles. The highest BCUT2D eigenvalue weighted by atomic mass is 32.2. The Labute approximate surface area is 238 Å². The first kappa shape index (κ1) is 29.2. The van der Waals surface area contributed by atoms with Gasteiger partial charge in [-0.3, -0.25) is 4.79 Å². The Bertz CT molecular complexity index is 1510. The Morgan fingerprint density at radius 3 is 2.60 bits per heavy atom. The van der Waals surface area contributed by atoms with Crippen LogP contribution in [0.25, 0.3) is 11.4 Å². The molecule has 0 spiro atoms. The summed E-state index contributed by atoms with van der Waals surface area (Å²) in [7, 11) is -4.27. The lowest BCUT2D eigenvalue weighted by molar-refractivity contribution is 0.0981.